The Kier molecular flexibility index (Phi) is 4.22. The van der Waals surface area contributed by atoms with Gasteiger partial charge in [-0.25, -0.2) is 9.78 Å². The number of thioether (sulfide) groups is 1. The Bertz CT molecular complexity index is 611. The van der Waals surface area contributed by atoms with Gasteiger partial charge in [-0.1, -0.05) is 23.8 Å². The van der Waals surface area contributed by atoms with Crippen LogP contribution in [0.5, 0.6) is 0 Å². The van der Waals surface area contributed by atoms with Crippen LogP contribution in [0.2, 0.25) is 0 Å². The molecule has 1 aromatic carbocycles. The van der Waals surface area contributed by atoms with Gasteiger partial charge in [0, 0.05) is 10.6 Å². The van der Waals surface area contributed by atoms with Crippen molar-refractivity contribution < 1.29 is 9.90 Å². The smallest absolute Gasteiger partial charge is 0.354 e. The first kappa shape index (κ1) is 13.6. The molecule has 0 spiro atoms. The first-order valence-electron chi connectivity index (χ1n) is 5.95. The Labute approximate surface area is 116 Å². The van der Waals surface area contributed by atoms with Gasteiger partial charge in [-0.15, -0.1) is 11.8 Å². The van der Waals surface area contributed by atoms with Gasteiger partial charge >= 0.3 is 5.97 Å². The van der Waals surface area contributed by atoms with E-state index >= 15 is 0 Å². The molecule has 1 N–H and O–H groups in total. The first-order valence-corrected chi connectivity index (χ1v) is 6.94. The minimum atomic E-state index is -0.988. The summed E-state index contributed by atoms with van der Waals surface area (Å²) in [5, 5.41) is 8.90. The van der Waals surface area contributed by atoms with Gasteiger partial charge in [0.15, 0.2) is 0 Å². The molecule has 1 heterocycles. The minimum Gasteiger partial charge on any atom is -0.477 e. The molecule has 0 aliphatic rings. The molecular formula is C15H15NO2S. The second-order valence-electron chi connectivity index (χ2n) is 4.38. The Hall–Kier alpha value is -1.81. The standard InChI is InChI=1S/C15H15NO2S/c1-10-6-7-14(11(2)8-10)19-9-12-4-3-5-13(16-12)15(17)18/h3-8H,9H2,1-2H3,(H,17,18). The number of benzene rings is 1. The average Bonchev–Trinajstić information content (AvgIpc) is 2.38. The molecule has 0 saturated heterocycles. The molecule has 0 radical (unpaired) electrons. The fraction of sp³-hybridized carbons (Fsp3) is 0.200. The molecule has 2 aromatic rings. The lowest BCUT2D eigenvalue weighted by Gasteiger charge is -2.06. The van der Waals surface area contributed by atoms with E-state index in [1.807, 2.05) is 6.07 Å². The Balaban J connectivity index is 2.10. The van der Waals surface area contributed by atoms with Gasteiger partial charge in [-0.2, -0.15) is 0 Å². The zero-order valence-electron chi connectivity index (χ0n) is 10.9. The first-order chi connectivity index (χ1) is 9.06. The lowest BCUT2D eigenvalue weighted by molar-refractivity contribution is 0.0690. The van der Waals surface area contributed by atoms with Crippen LogP contribution < -0.4 is 0 Å². The molecule has 98 valence electrons. The molecule has 0 saturated carbocycles. The van der Waals surface area contributed by atoms with E-state index in [0.29, 0.717) is 5.75 Å². The van der Waals surface area contributed by atoms with Crippen molar-refractivity contribution in [3.63, 3.8) is 0 Å². The van der Waals surface area contributed by atoms with Gasteiger partial charge in [0.1, 0.15) is 5.69 Å². The minimum absolute atomic E-state index is 0.0960. The predicted octanol–water partition coefficient (Wildman–Crippen LogP) is 3.69. The van der Waals surface area contributed by atoms with E-state index in [4.69, 9.17) is 5.11 Å². The van der Waals surface area contributed by atoms with Crippen molar-refractivity contribution in [3.05, 3.63) is 58.9 Å². The number of hydrogen-bond donors (Lipinski definition) is 1. The number of carboxylic acid groups (broad SMARTS) is 1. The van der Waals surface area contributed by atoms with Crippen LogP contribution in [0.3, 0.4) is 0 Å². The summed E-state index contributed by atoms with van der Waals surface area (Å²) >= 11 is 1.67. The van der Waals surface area contributed by atoms with Gasteiger partial charge < -0.3 is 5.11 Å². The van der Waals surface area contributed by atoms with E-state index in [9.17, 15) is 4.79 Å². The van der Waals surface area contributed by atoms with Crippen molar-refractivity contribution in [2.45, 2.75) is 24.5 Å². The number of carboxylic acids is 1. The van der Waals surface area contributed by atoms with E-state index < -0.39 is 5.97 Å². The van der Waals surface area contributed by atoms with Crippen LogP contribution in [0.4, 0.5) is 0 Å². The summed E-state index contributed by atoms with van der Waals surface area (Å²) in [4.78, 5) is 16.2. The van der Waals surface area contributed by atoms with Crippen LogP contribution in [0, 0.1) is 13.8 Å². The normalized spacial score (nSPS) is 10.4. The highest BCUT2D eigenvalue weighted by atomic mass is 32.2. The summed E-state index contributed by atoms with van der Waals surface area (Å²) < 4.78 is 0. The zero-order chi connectivity index (χ0) is 13.8. The Morgan fingerprint density at radius 2 is 2.05 bits per heavy atom. The van der Waals surface area contributed by atoms with E-state index in [2.05, 4.69) is 37.0 Å². The maximum atomic E-state index is 10.8. The number of rotatable bonds is 4. The van der Waals surface area contributed by atoms with Crippen molar-refractivity contribution in [2.75, 3.05) is 0 Å². The molecule has 0 fully saturated rings. The molecule has 0 aliphatic carbocycles. The van der Waals surface area contributed by atoms with E-state index in [0.717, 1.165) is 5.69 Å². The van der Waals surface area contributed by atoms with Crippen molar-refractivity contribution in [2.24, 2.45) is 0 Å². The maximum absolute atomic E-state index is 10.8. The fourth-order valence-corrected chi connectivity index (χ4v) is 2.71. The maximum Gasteiger partial charge on any atom is 0.354 e. The van der Waals surface area contributed by atoms with Crippen LogP contribution in [-0.2, 0) is 5.75 Å². The van der Waals surface area contributed by atoms with Gasteiger partial charge in [-0.3, -0.25) is 0 Å². The van der Waals surface area contributed by atoms with Gasteiger partial charge in [-0.05, 0) is 37.6 Å². The Morgan fingerprint density at radius 1 is 1.26 bits per heavy atom. The van der Waals surface area contributed by atoms with Crippen molar-refractivity contribution in [1.82, 2.24) is 4.98 Å². The fourth-order valence-electron chi connectivity index (χ4n) is 1.79. The van der Waals surface area contributed by atoms with Crippen molar-refractivity contribution in [1.29, 1.82) is 0 Å². The van der Waals surface area contributed by atoms with Crippen LogP contribution >= 0.6 is 11.8 Å². The summed E-state index contributed by atoms with van der Waals surface area (Å²) in [7, 11) is 0. The van der Waals surface area contributed by atoms with Gasteiger partial charge in [0.05, 0.1) is 5.69 Å². The molecule has 0 atom stereocenters. The van der Waals surface area contributed by atoms with Gasteiger partial charge in [0.25, 0.3) is 0 Å². The topological polar surface area (TPSA) is 50.2 Å². The lowest BCUT2D eigenvalue weighted by Crippen LogP contribution is -2.01. The van der Waals surface area contributed by atoms with Crippen LogP contribution in [0.1, 0.15) is 27.3 Å². The van der Waals surface area contributed by atoms with Crippen LogP contribution in [-0.4, -0.2) is 16.1 Å². The molecule has 0 unspecified atom stereocenters. The third-order valence-corrected chi connectivity index (χ3v) is 3.94. The SMILES string of the molecule is Cc1ccc(SCc2cccc(C(=O)O)n2)c(C)c1. The summed E-state index contributed by atoms with van der Waals surface area (Å²) in [6, 6.07) is 11.4. The highest BCUT2D eigenvalue weighted by molar-refractivity contribution is 7.98. The predicted molar refractivity (Wildman–Crippen MR) is 76.7 cm³/mol. The summed E-state index contributed by atoms with van der Waals surface area (Å²) in [6.07, 6.45) is 0. The van der Waals surface area contributed by atoms with E-state index in [1.54, 1.807) is 17.8 Å². The Morgan fingerprint density at radius 3 is 2.74 bits per heavy atom. The summed E-state index contributed by atoms with van der Waals surface area (Å²) in [5.41, 5.74) is 3.36. The van der Waals surface area contributed by atoms with Crippen LogP contribution in [0.25, 0.3) is 0 Å². The highest BCUT2D eigenvalue weighted by Crippen LogP contribution is 2.26. The quantitative estimate of drug-likeness (QED) is 0.863. The molecule has 0 aliphatic heterocycles. The largest absolute Gasteiger partial charge is 0.477 e. The molecular weight excluding hydrogens is 258 g/mol. The average molecular weight is 273 g/mol. The number of aromatic carboxylic acids is 1. The highest BCUT2D eigenvalue weighted by Gasteiger charge is 2.06. The van der Waals surface area contributed by atoms with E-state index in [-0.39, 0.29) is 5.69 Å². The summed E-state index contributed by atoms with van der Waals surface area (Å²) in [5.74, 6) is -0.316. The second-order valence-corrected chi connectivity index (χ2v) is 5.39. The third-order valence-electron chi connectivity index (χ3n) is 2.73. The molecule has 1 aromatic heterocycles. The van der Waals surface area contributed by atoms with E-state index in [1.165, 1.54) is 22.1 Å². The third kappa shape index (κ3) is 3.58. The molecule has 0 amide bonds. The monoisotopic (exact) mass is 273 g/mol. The molecule has 3 nitrogen and oxygen atoms in total. The lowest BCUT2D eigenvalue weighted by atomic mass is 10.2. The number of pyridine rings is 1. The second kappa shape index (κ2) is 5.89. The van der Waals surface area contributed by atoms with Crippen molar-refractivity contribution >= 4 is 17.7 Å². The number of hydrogen-bond acceptors (Lipinski definition) is 3. The molecule has 0 bridgehead atoms. The van der Waals surface area contributed by atoms with Gasteiger partial charge in [0.2, 0.25) is 0 Å². The summed E-state index contributed by atoms with van der Waals surface area (Å²) in [6.45, 7) is 4.15. The molecule has 19 heavy (non-hydrogen) atoms. The zero-order valence-corrected chi connectivity index (χ0v) is 11.7. The number of aromatic nitrogens is 1. The number of nitrogens with zero attached hydrogens (tertiary/aromatic N) is 1. The number of carbonyl (C=O) groups is 1. The van der Waals surface area contributed by atoms with Crippen molar-refractivity contribution in [3.8, 4) is 0 Å². The number of aryl methyl sites for hydroxylation is 2. The molecule has 2 rings (SSSR count). The molecule has 4 heteroatoms. The van der Waals surface area contributed by atoms with Crippen LogP contribution in [0.15, 0.2) is 41.3 Å².